The molecule has 0 atom stereocenters. The van der Waals surface area contributed by atoms with Crippen molar-refractivity contribution in [2.24, 2.45) is 0 Å². The molecule has 1 N–H and O–H groups in total. The highest BCUT2D eigenvalue weighted by Crippen LogP contribution is 2.34. The number of hydrogen-bond acceptors (Lipinski definition) is 2. The second-order valence-electron chi connectivity index (χ2n) is 5.91. The third-order valence-corrected chi connectivity index (χ3v) is 4.48. The van der Waals surface area contributed by atoms with Crippen LogP contribution in [0.2, 0.25) is 0 Å². The van der Waals surface area contributed by atoms with E-state index in [-0.39, 0.29) is 11.2 Å². The van der Waals surface area contributed by atoms with E-state index in [0.29, 0.717) is 19.6 Å². The van der Waals surface area contributed by atoms with Gasteiger partial charge in [-0.3, -0.25) is 0 Å². The third-order valence-electron chi connectivity index (χ3n) is 4.48. The highest BCUT2D eigenvalue weighted by Gasteiger charge is 2.37. The number of anilines is 1. The maximum atomic E-state index is 13.9. The summed E-state index contributed by atoms with van der Waals surface area (Å²) in [6.07, 6.45) is 5.59. The highest BCUT2D eigenvalue weighted by molar-refractivity contribution is 5.50. The Kier molecular flexibility index (Phi) is 3.63. The molecule has 5 heteroatoms. The Morgan fingerprint density at radius 1 is 1.00 bits per heavy atom. The highest BCUT2D eigenvalue weighted by atomic mass is 19.1. The smallest absolute Gasteiger partial charge is 0.152 e. The fourth-order valence-corrected chi connectivity index (χ4v) is 3.55. The van der Waals surface area contributed by atoms with Crippen LogP contribution in [-0.2, 0) is 0 Å². The average Bonchev–Trinajstić information content (AvgIpc) is 2.38. The fourth-order valence-electron chi connectivity index (χ4n) is 3.55. The minimum absolute atomic E-state index is 0.0379. The van der Waals surface area contributed by atoms with Gasteiger partial charge in [0.25, 0.3) is 0 Å². The molecule has 1 aliphatic heterocycles. The molecule has 2 aliphatic rings. The zero-order chi connectivity index (χ0) is 14.2. The van der Waals surface area contributed by atoms with E-state index in [1.165, 1.54) is 6.42 Å². The van der Waals surface area contributed by atoms with Crippen LogP contribution < -0.4 is 10.2 Å². The molecule has 2 nitrogen and oxygen atoms in total. The minimum atomic E-state index is -0.869. The molecule has 110 valence electrons. The first-order valence-corrected chi connectivity index (χ1v) is 7.24. The van der Waals surface area contributed by atoms with Crippen LogP contribution in [0.25, 0.3) is 0 Å². The molecule has 0 bridgehead atoms. The minimum Gasteiger partial charge on any atom is -0.364 e. The predicted octanol–water partition coefficient (Wildman–Crippen LogP) is 3.22. The molecule has 2 fully saturated rings. The number of benzene rings is 1. The van der Waals surface area contributed by atoms with Crippen molar-refractivity contribution in [3.05, 3.63) is 29.6 Å². The van der Waals surface area contributed by atoms with Gasteiger partial charge in [-0.15, -0.1) is 0 Å². The van der Waals surface area contributed by atoms with Gasteiger partial charge in [-0.25, -0.2) is 13.2 Å². The molecule has 1 spiro atoms. The van der Waals surface area contributed by atoms with E-state index < -0.39 is 17.5 Å². The van der Waals surface area contributed by atoms with Crippen molar-refractivity contribution in [3.63, 3.8) is 0 Å². The normalized spacial score (nSPS) is 22.2. The van der Waals surface area contributed by atoms with E-state index >= 15 is 0 Å². The summed E-state index contributed by atoms with van der Waals surface area (Å²) in [5.41, 5.74) is -0.123. The zero-order valence-corrected chi connectivity index (χ0v) is 11.4. The van der Waals surface area contributed by atoms with Crippen molar-refractivity contribution in [1.82, 2.24) is 5.32 Å². The van der Waals surface area contributed by atoms with Crippen molar-refractivity contribution in [3.8, 4) is 0 Å². The van der Waals surface area contributed by atoms with Crippen LogP contribution in [-0.4, -0.2) is 25.2 Å². The SMILES string of the molecule is Fc1cc(F)c(N2CCNC3(CCCCC3)C2)c(F)c1. The van der Waals surface area contributed by atoms with Gasteiger partial charge in [-0.05, 0) is 12.8 Å². The lowest BCUT2D eigenvalue weighted by Crippen LogP contribution is -2.61. The van der Waals surface area contributed by atoms with Crippen molar-refractivity contribution in [2.75, 3.05) is 24.5 Å². The van der Waals surface area contributed by atoms with Crippen molar-refractivity contribution >= 4 is 5.69 Å². The number of nitrogens with one attached hydrogen (secondary N) is 1. The van der Waals surface area contributed by atoms with Gasteiger partial charge < -0.3 is 10.2 Å². The average molecular weight is 284 g/mol. The molecule has 0 aromatic heterocycles. The molecule has 0 amide bonds. The molecular formula is C15H19F3N2. The van der Waals surface area contributed by atoms with Crippen LogP contribution in [0.1, 0.15) is 32.1 Å². The van der Waals surface area contributed by atoms with Gasteiger partial charge in [-0.1, -0.05) is 19.3 Å². The summed E-state index contributed by atoms with van der Waals surface area (Å²) in [5, 5.41) is 3.52. The summed E-state index contributed by atoms with van der Waals surface area (Å²) >= 11 is 0. The Morgan fingerprint density at radius 3 is 2.30 bits per heavy atom. The molecule has 1 saturated heterocycles. The summed E-state index contributed by atoms with van der Waals surface area (Å²) in [4.78, 5) is 1.73. The van der Waals surface area contributed by atoms with Crippen LogP contribution in [0.15, 0.2) is 12.1 Å². The molecule has 1 saturated carbocycles. The predicted molar refractivity (Wildman–Crippen MR) is 72.3 cm³/mol. The Morgan fingerprint density at radius 2 is 1.65 bits per heavy atom. The number of halogens is 3. The molecule has 0 unspecified atom stereocenters. The molecule has 1 heterocycles. The second kappa shape index (κ2) is 5.28. The third kappa shape index (κ3) is 2.51. The lowest BCUT2D eigenvalue weighted by atomic mass is 9.80. The van der Waals surface area contributed by atoms with Crippen LogP contribution in [0, 0.1) is 17.5 Å². The van der Waals surface area contributed by atoms with Crippen LogP contribution in [0.4, 0.5) is 18.9 Å². The maximum absolute atomic E-state index is 13.9. The Labute approximate surface area is 117 Å². The van der Waals surface area contributed by atoms with Crippen molar-refractivity contribution < 1.29 is 13.2 Å². The lowest BCUT2D eigenvalue weighted by Gasteiger charge is -2.47. The lowest BCUT2D eigenvalue weighted by molar-refractivity contribution is 0.215. The topological polar surface area (TPSA) is 15.3 Å². The first-order chi connectivity index (χ1) is 9.60. The van der Waals surface area contributed by atoms with Gasteiger partial charge in [0.1, 0.15) is 11.5 Å². The van der Waals surface area contributed by atoms with Gasteiger partial charge in [0.15, 0.2) is 11.6 Å². The monoisotopic (exact) mass is 284 g/mol. The fraction of sp³-hybridized carbons (Fsp3) is 0.600. The molecule has 1 aromatic rings. The Bertz CT molecular complexity index is 469. The Balaban J connectivity index is 1.87. The quantitative estimate of drug-likeness (QED) is 0.852. The summed E-state index contributed by atoms with van der Waals surface area (Å²) in [5.74, 6) is -2.49. The number of rotatable bonds is 1. The molecule has 0 radical (unpaired) electrons. The van der Waals surface area contributed by atoms with Gasteiger partial charge in [0, 0.05) is 37.3 Å². The number of hydrogen-bond donors (Lipinski definition) is 1. The molecular weight excluding hydrogens is 265 g/mol. The zero-order valence-electron chi connectivity index (χ0n) is 11.4. The van der Waals surface area contributed by atoms with E-state index in [1.807, 2.05) is 0 Å². The first kappa shape index (κ1) is 13.7. The van der Waals surface area contributed by atoms with Crippen LogP contribution >= 0.6 is 0 Å². The Hall–Kier alpha value is -1.23. The largest absolute Gasteiger partial charge is 0.364 e. The van der Waals surface area contributed by atoms with Gasteiger partial charge in [-0.2, -0.15) is 0 Å². The van der Waals surface area contributed by atoms with Crippen LogP contribution in [0.3, 0.4) is 0 Å². The summed E-state index contributed by atoms with van der Waals surface area (Å²) in [6, 6.07) is 1.52. The van der Waals surface area contributed by atoms with E-state index in [9.17, 15) is 13.2 Å². The summed E-state index contributed by atoms with van der Waals surface area (Å²) in [7, 11) is 0. The first-order valence-electron chi connectivity index (χ1n) is 7.24. The summed E-state index contributed by atoms with van der Waals surface area (Å²) < 4.78 is 40.8. The van der Waals surface area contributed by atoms with E-state index in [1.54, 1.807) is 4.90 Å². The molecule has 3 rings (SSSR count). The standard InChI is InChI=1S/C15H19F3N2/c16-11-8-12(17)14(13(18)9-11)20-7-6-19-15(10-20)4-2-1-3-5-15/h8-9,19H,1-7,10H2. The van der Waals surface area contributed by atoms with Crippen LogP contribution in [0.5, 0.6) is 0 Å². The van der Waals surface area contributed by atoms with Gasteiger partial charge in [0.2, 0.25) is 0 Å². The van der Waals surface area contributed by atoms with Crippen molar-refractivity contribution in [1.29, 1.82) is 0 Å². The van der Waals surface area contributed by atoms with E-state index in [0.717, 1.165) is 37.8 Å². The van der Waals surface area contributed by atoms with E-state index in [2.05, 4.69) is 5.32 Å². The van der Waals surface area contributed by atoms with Gasteiger partial charge >= 0.3 is 0 Å². The van der Waals surface area contributed by atoms with E-state index in [4.69, 9.17) is 0 Å². The molecule has 1 aromatic carbocycles. The number of piperazine rings is 1. The second-order valence-corrected chi connectivity index (χ2v) is 5.91. The van der Waals surface area contributed by atoms with Crippen molar-refractivity contribution in [2.45, 2.75) is 37.6 Å². The maximum Gasteiger partial charge on any atom is 0.152 e. The number of nitrogens with zero attached hydrogens (tertiary/aromatic N) is 1. The van der Waals surface area contributed by atoms with Gasteiger partial charge in [0.05, 0.1) is 0 Å². The summed E-state index contributed by atoms with van der Waals surface area (Å²) in [6.45, 7) is 1.84. The molecule has 20 heavy (non-hydrogen) atoms. The molecule has 1 aliphatic carbocycles.